The van der Waals surface area contributed by atoms with Gasteiger partial charge >= 0.3 is 0 Å². The van der Waals surface area contributed by atoms with Crippen molar-refractivity contribution in [3.05, 3.63) is 0 Å². The van der Waals surface area contributed by atoms with E-state index in [0.717, 1.165) is 19.3 Å². The lowest BCUT2D eigenvalue weighted by atomic mass is 10.0. The van der Waals surface area contributed by atoms with E-state index in [1.54, 1.807) is 0 Å². The third-order valence-electron chi connectivity index (χ3n) is 5.66. The van der Waals surface area contributed by atoms with Crippen LogP contribution in [-0.4, -0.2) is 11.9 Å². The summed E-state index contributed by atoms with van der Waals surface area (Å²) >= 11 is 0. The molecule has 0 aromatic carbocycles. The predicted octanol–water partition coefficient (Wildman–Crippen LogP) is 8.33. The molecule has 0 radical (unpaired) electrons. The van der Waals surface area contributed by atoms with Gasteiger partial charge < -0.3 is 5.32 Å². The fourth-order valence-electron chi connectivity index (χ4n) is 3.78. The minimum atomic E-state index is 0.258. The monoisotopic (exact) mass is 381 g/mol. The zero-order valence-electron chi connectivity index (χ0n) is 19.1. The van der Waals surface area contributed by atoms with Gasteiger partial charge in [0, 0.05) is 12.5 Å². The van der Waals surface area contributed by atoms with Crippen molar-refractivity contribution >= 4 is 5.91 Å². The number of hydrogen-bond donors (Lipinski definition) is 1. The number of carbonyl (C=O) groups is 1. The molecular formula is C25H51NO. The van der Waals surface area contributed by atoms with Gasteiger partial charge in [-0.3, -0.25) is 4.79 Å². The van der Waals surface area contributed by atoms with Gasteiger partial charge in [-0.15, -0.1) is 0 Å². The SMILES string of the molecule is CCCCCCCCCCCCCCCCCC(=O)NC(C)CCCCC. The lowest BCUT2D eigenvalue weighted by Gasteiger charge is -2.13. The quantitative estimate of drug-likeness (QED) is 0.199. The molecule has 0 aromatic heterocycles. The van der Waals surface area contributed by atoms with E-state index in [1.165, 1.54) is 109 Å². The molecule has 1 atom stereocenters. The highest BCUT2D eigenvalue weighted by atomic mass is 16.1. The molecule has 0 bridgehead atoms. The van der Waals surface area contributed by atoms with Crippen LogP contribution >= 0.6 is 0 Å². The summed E-state index contributed by atoms with van der Waals surface area (Å²) in [5.41, 5.74) is 0. The number of nitrogens with one attached hydrogen (secondary N) is 1. The first-order valence-electron chi connectivity index (χ1n) is 12.5. The molecular weight excluding hydrogens is 330 g/mol. The molecule has 1 amide bonds. The number of unbranched alkanes of at least 4 members (excludes halogenated alkanes) is 16. The number of amides is 1. The van der Waals surface area contributed by atoms with Gasteiger partial charge in [0.05, 0.1) is 0 Å². The molecule has 2 heteroatoms. The first-order chi connectivity index (χ1) is 13.2. The topological polar surface area (TPSA) is 29.1 Å². The third-order valence-corrected chi connectivity index (χ3v) is 5.66. The second-order valence-corrected chi connectivity index (χ2v) is 8.66. The maximum absolute atomic E-state index is 11.9. The van der Waals surface area contributed by atoms with Crippen LogP contribution in [-0.2, 0) is 4.79 Å². The molecule has 0 saturated carbocycles. The first kappa shape index (κ1) is 26.5. The second-order valence-electron chi connectivity index (χ2n) is 8.66. The lowest BCUT2D eigenvalue weighted by molar-refractivity contribution is -0.121. The van der Waals surface area contributed by atoms with Crippen LogP contribution in [0.25, 0.3) is 0 Å². The largest absolute Gasteiger partial charge is 0.354 e. The lowest BCUT2D eigenvalue weighted by Crippen LogP contribution is -2.32. The minimum Gasteiger partial charge on any atom is -0.354 e. The summed E-state index contributed by atoms with van der Waals surface area (Å²) in [6.07, 6.45) is 26.2. The Labute approximate surface area is 171 Å². The maximum atomic E-state index is 11.9. The summed E-state index contributed by atoms with van der Waals surface area (Å²) in [4.78, 5) is 11.9. The Balaban J connectivity index is 3.20. The van der Waals surface area contributed by atoms with Gasteiger partial charge in [0.25, 0.3) is 0 Å². The average molecular weight is 382 g/mol. The summed E-state index contributed by atoms with van der Waals surface area (Å²) in [7, 11) is 0. The van der Waals surface area contributed by atoms with Crippen LogP contribution in [0.1, 0.15) is 149 Å². The van der Waals surface area contributed by atoms with Crippen molar-refractivity contribution in [2.24, 2.45) is 0 Å². The van der Waals surface area contributed by atoms with Gasteiger partial charge in [0.1, 0.15) is 0 Å². The van der Waals surface area contributed by atoms with E-state index < -0.39 is 0 Å². The van der Waals surface area contributed by atoms with Crippen molar-refractivity contribution in [3.8, 4) is 0 Å². The average Bonchev–Trinajstić information content (AvgIpc) is 2.65. The van der Waals surface area contributed by atoms with Gasteiger partial charge in [-0.05, 0) is 19.8 Å². The van der Waals surface area contributed by atoms with Gasteiger partial charge in [-0.2, -0.15) is 0 Å². The van der Waals surface area contributed by atoms with Gasteiger partial charge in [-0.1, -0.05) is 123 Å². The predicted molar refractivity (Wildman–Crippen MR) is 121 cm³/mol. The Morgan fingerprint density at radius 1 is 0.593 bits per heavy atom. The van der Waals surface area contributed by atoms with E-state index in [4.69, 9.17) is 0 Å². The molecule has 0 heterocycles. The highest BCUT2D eigenvalue weighted by Crippen LogP contribution is 2.13. The Morgan fingerprint density at radius 3 is 1.41 bits per heavy atom. The fourth-order valence-corrected chi connectivity index (χ4v) is 3.78. The molecule has 2 nitrogen and oxygen atoms in total. The van der Waals surface area contributed by atoms with Crippen molar-refractivity contribution in [2.45, 2.75) is 155 Å². The van der Waals surface area contributed by atoms with Gasteiger partial charge in [0.15, 0.2) is 0 Å². The zero-order chi connectivity index (χ0) is 20.0. The summed E-state index contributed by atoms with van der Waals surface area (Å²) in [5.74, 6) is 0.258. The van der Waals surface area contributed by atoms with Crippen LogP contribution in [0.2, 0.25) is 0 Å². The van der Waals surface area contributed by atoms with Gasteiger partial charge in [0.2, 0.25) is 5.91 Å². The van der Waals surface area contributed by atoms with Crippen molar-refractivity contribution < 1.29 is 4.79 Å². The van der Waals surface area contributed by atoms with Crippen LogP contribution < -0.4 is 5.32 Å². The van der Waals surface area contributed by atoms with E-state index in [1.807, 2.05) is 0 Å². The minimum absolute atomic E-state index is 0.258. The van der Waals surface area contributed by atoms with Crippen LogP contribution in [0.3, 0.4) is 0 Å². The third kappa shape index (κ3) is 21.6. The maximum Gasteiger partial charge on any atom is 0.220 e. The summed E-state index contributed by atoms with van der Waals surface area (Å²) in [6.45, 7) is 6.65. The molecule has 1 unspecified atom stereocenters. The summed E-state index contributed by atoms with van der Waals surface area (Å²) in [6, 6.07) is 0.348. The molecule has 0 aliphatic heterocycles. The van der Waals surface area contributed by atoms with Crippen LogP contribution in [0, 0.1) is 0 Å². The van der Waals surface area contributed by atoms with Crippen LogP contribution in [0.4, 0.5) is 0 Å². The van der Waals surface area contributed by atoms with E-state index in [9.17, 15) is 4.79 Å². The highest BCUT2D eigenvalue weighted by molar-refractivity contribution is 5.76. The normalized spacial score (nSPS) is 12.3. The molecule has 162 valence electrons. The Kier molecular flexibility index (Phi) is 21.3. The molecule has 0 rings (SSSR count). The molecule has 0 spiro atoms. The number of carbonyl (C=O) groups excluding carboxylic acids is 1. The van der Waals surface area contributed by atoms with Crippen molar-refractivity contribution in [1.82, 2.24) is 5.32 Å². The second kappa shape index (κ2) is 21.8. The van der Waals surface area contributed by atoms with Crippen molar-refractivity contribution in [1.29, 1.82) is 0 Å². The van der Waals surface area contributed by atoms with E-state index in [2.05, 4.69) is 26.1 Å². The van der Waals surface area contributed by atoms with Crippen LogP contribution in [0.5, 0.6) is 0 Å². The van der Waals surface area contributed by atoms with E-state index in [0.29, 0.717) is 6.04 Å². The molecule has 0 aliphatic carbocycles. The van der Waals surface area contributed by atoms with E-state index in [-0.39, 0.29) is 5.91 Å². The van der Waals surface area contributed by atoms with Crippen LogP contribution in [0.15, 0.2) is 0 Å². The molecule has 0 saturated heterocycles. The molecule has 0 aliphatic rings. The fraction of sp³-hybridized carbons (Fsp3) is 0.960. The molecule has 1 N–H and O–H groups in total. The molecule has 27 heavy (non-hydrogen) atoms. The van der Waals surface area contributed by atoms with Crippen molar-refractivity contribution in [3.63, 3.8) is 0 Å². The molecule has 0 aromatic rings. The highest BCUT2D eigenvalue weighted by Gasteiger charge is 2.06. The standard InChI is InChI=1S/C25H51NO/c1-4-6-8-9-10-11-12-13-14-15-16-17-18-19-21-23-25(27)26-24(3)22-20-7-5-2/h24H,4-23H2,1-3H3,(H,26,27). The molecule has 0 fully saturated rings. The Morgan fingerprint density at radius 2 is 0.963 bits per heavy atom. The Bertz CT molecular complexity index is 303. The summed E-state index contributed by atoms with van der Waals surface area (Å²) < 4.78 is 0. The van der Waals surface area contributed by atoms with Gasteiger partial charge in [-0.25, -0.2) is 0 Å². The smallest absolute Gasteiger partial charge is 0.220 e. The van der Waals surface area contributed by atoms with Crippen molar-refractivity contribution in [2.75, 3.05) is 0 Å². The zero-order valence-corrected chi connectivity index (χ0v) is 19.1. The number of hydrogen-bond acceptors (Lipinski definition) is 1. The number of rotatable bonds is 21. The van der Waals surface area contributed by atoms with E-state index >= 15 is 0 Å². The summed E-state index contributed by atoms with van der Waals surface area (Å²) in [5, 5.41) is 3.15. The Hall–Kier alpha value is -0.530. The first-order valence-corrected chi connectivity index (χ1v) is 12.5.